The molecule has 0 spiro atoms. The third-order valence-electron chi connectivity index (χ3n) is 4.62. The molecule has 1 aliphatic heterocycles. The highest BCUT2D eigenvalue weighted by Gasteiger charge is 2.25. The molecule has 1 aliphatic rings. The van der Waals surface area contributed by atoms with Crippen molar-refractivity contribution in [3.63, 3.8) is 0 Å². The number of carbonyl (C=O) groups excluding carboxylic acids is 1. The van der Waals surface area contributed by atoms with Gasteiger partial charge in [0, 0.05) is 18.8 Å². The fourth-order valence-electron chi connectivity index (χ4n) is 3.40. The van der Waals surface area contributed by atoms with Crippen molar-refractivity contribution < 1.29 is 4.79 Å². The second-order valence-corrected chi connectivity index (χ2v) is 8.67. The Morgan fingerprint density at radius 1 is 1.25 bits per heavy atom. The standard InChI is InChI=1S/C19H22N4OS2.2ClH/c1-20-11-13-6-5-9-23(12-13)18(24)16-10-15-17(25-16)22-19(26-15)21-14-7-3-2-4-8-14;;/h2-4,7-8,10,13,20H,5-6,9,11-12H2,1H3,(H,21,22);2*1H. The predicted octanol–water partition coefficient (Wildman–Crippen LogP) is 5.02. The van der Waals surface area contributed by atoms with Crippen LogP contribution in [0.5, 0.6) is 0 Å². The molecule has 0 bridgehead atoms. The van der Waals surface area contributed by atoms with Crippen molar-refractivity contribution in [3.8, 4) is 0 Å². The molecular weight excluding hydrogens is 435 g/mol. The van der Waals surface area contributed by atoms with Crippen LogP contribution in [0.1, 0.15) is 22.5 Å². The number of piperidine rings is 1. The summed E-state index contributed by atoms with van der Waals surface area (Å²) in [6.07, 6.45) is 2.28. The van der Waals surface area contributed by atoms with Crippen molar-refractivity contribution >= 4 is 73.7 Å². The summed E-state index contributed by atoms with van der Waals surface area (Å²) in [4.78, 5) is 21.3. The zero-order chi connectivity index (χ0) is 17.9. The monoisotopic (exact) mass is 458 g/mol. The van der Waals surface area contributed by atoms with Gasteiger partial charge in [-0.05, 0) is 50.6 Å². The number of hydrogen-bond acceptors (Lipinski definition) is 6. The number of carbonyl (C=O) groups is 1. The van der Waals surface area contributed by atoms with E-state index in [-0.39, 0.29) is 30.7 Å². The van der Waals surface area contributed by atoms with E-state index in [4.69, 9.17) is 0 Å². The summed E-state index contributed by atoms with van der Waals surface area (Å²) >= 11 is 3.09. The molecule has 1 amide bonds. The number of para-hydroxylation sites is 1. The molecule has 1 aromatic carbocycles. The highest BCUT2D eigenvalue weighted by Crippen LogP contribution is 2.35. The van der Waals surface area contributed by atoms with Crippen LogP contribution in [0.3, 0.4) is 0 Å². The second kappa shape index (κ2) is 10.4. The lowest BCUT2D eigenvalue weighted by Gasteiger charge is -2.32. The van der Waals surface area contributed by atoms with Gasteiger partial charge in [0.05, 0.1) is 9.58 Å². The van der Waals surface area contributed by atoms with Gasteiger partial charge >= 0.3 is 0 Å². The summed E-state index contributed by atoms with van der Waals surface area (Å²) in [6.45, 7) is 2.68. The maximum Gasteiger partial charge on any atom is 0.264 e. The first-order chi connectivity index (χ1) is 12.7. The number of nitrogens with zero attached hydrogens (tertiary/aromatic N) is 2. The molecule has 1 fully saturated rings. The quantitative estimate of drug-likeness (QED) is 0.563. The van der Waals surface area contributed by atoms with Gasteiger partial charge in [-0.1, -0.05) is 29.5 Å². The number of rotatable bonds is 5. The van der Waals surface area contributed by atoms with E-state index in [9.17, 15) is 4.79 Å². The van der Waals surface area contributed by atoms with Gasteiger partial charge in [0.2, 0.25) is 0 Å². The Hall–Kier alpha value is -1.38. The van der Waals surface area contributed by atoms with Crippen molar-refractivity contribution in [1.82, 2.24) is 15.2 Å². The van der Waals surface area contributed by atoms with Gasteiger partial charge in [-0.25, -0.2) is 4.98 Å². The molecule has 0 aliphatic carbocycles. The number of fused-ring (bicyclic) bond motifs is 1. The summed E-state index contributed by atoms with van der Waals surface area (Å²) in [5.41, 5.74) is 1.02. The summed E-state index contributed by atoms with van der Waals surface area (Å²) < 4.78 is 1.07. The molecule has 1 saturated heterocycles. The zero-order valence-corrected chi connectivity index (χ0v) is 18.8. The number of thiophene rings is 1. The summed E-state index contributed by atoms with van der Waals surface area (Å²) in [6, 6.07) is 12.0. The maximum absolute atomic E-state index is 12.9. The van der Waals surface area contributed by atoms with Gasteiger partial charge in [0.1, 0.15) is 4.83 Å². The van der Waals surface area contributed by atoms with E-state index in [1.54, 1.807) is 11.3 Å². The van der Waals surface area contributed by atoms with Crippen LogP contribution in [-0.4, -0.2) is 42.5 Å². The van der Waals surface area contributed by atoms with Gasteiger partial charge in [-0.15, -0.1) is 36.2 Å². The molecule has 5 nitrogen and oxygen atoms in total. The summed E-state index contributed by atoms with van der Waals surface area (Å²) in [5.74, 6) is 0.706. The van der Waals surface area contributed by atoms with E-state index in [0.717, 1.165) is 51.3 Å². The zero-order valence-electron chi connectivity index (χ0n) is 15.5. The molecule has 0 saturated carbocycles. The van der Waals surface area contributed by atoms with E-state index < -0.39 is 0 Å². The van der Waals surface area contributed by atoms with Gasteiger partial charge in [0.15, 0.2) is 5.13 Å². The highest BCUT2D eigenvalue weighted by atomic mass is 35.5. The average molecular weight is 459 g/mol. The molecule has 1 atom stereocenters. The number of likely N-dealkylation sites (tertiary alicyclic amines) is 1. The first kappa shape index (κ1) is 22.9. The van der Waals surface area contributed by atoms with Crippen LogP contribution in [-0.2, 0) is 0 Å². The Morgan fingerprint density at radius 2 is 2.04 bits per heavy atom. The SMILES string of the molecule is CNCC1CCCN(C(=O)c2cc3sc(Nc4ccccc4)nc3s2)C1.Cl.Cl. The van der Waals surface area contributed by atoms with E-state index >= 15 is 0 Å². The number of halogens is 2. The molecule has 152 valence electrons. The van der Waals surface area contributed by atoms with Gasteiger partial charge in [0.25, 0.3) is 5.91 Å². The first-order valence-corrected chi connectivity index (χ1v) is 10.5. The van der Waals surface area contributed by atoms with Gasteiger partial charge in [-0.3, -0.25) is 4.79 Å². The molecule has 2 N–H and O–H groups in total. The molecule has 28 heavy (non-hydrogen) atoms. The Kier molecular flexibility index (Phi) is 8.52. The lowest BCUT2D eigenvalue weighted by Crippen LogP contribution is -2.42. The molecule has 2 aromatic heterocycles. The van der Waals surface area contributed by atoms with Crippen molar-refractivity contribution in [3.05, 3.63) is 41.3 Å². The summed E-state index contributed by atoms with van der Waals surface area (Å²) in [5, 5.41) is 7.42. The second-order valence-electron chi connectivity index (χ2n) is 6.61. The number of nitrogens with one attached hydrogen (secondary N) is 2. The van der Waals surface area contributed by atoms with Crippen LogP contribution in [0.4, 0.5) is 10.8 Å². The number of amides is 1. The lowest BCUT2D eigenvalue weighted by molar-refractivity contribution is 0.0679. The van der Waals surface area contributed by atoms with Crippen LogP contribution >= 0.6 is 47.5 Å². The Morgan fingerprint density at radius 3 is 2.75 bits per heavy atom. The van der Waals surface area contributed by atoms with Crippen molar-refractivity contribution in [1.29, 1.82) is 0 Å². The first-order valence-electron chi connectivity index (χ1n) is 8.89. The van der Waals surface area contributed by atoms with Crippen LogP contribution in [0.2, 0.25) is 0 Å². The lowest BCUT2D eigenvalue weighted by atomic mass is 9.98. The van der Waals surface area contributed by atoms with Gasteiger partial charge in [-0.2, -0.15) is 0 Å². The molecular formula is C19H24Cl2N4OS2. The van der Waals surface area contributed by atoms with Crippen molar-refractivity contribution in [2.75, 3.05) is 32.0 Å². The van der Waals surface area contributed by atoms with Crippen LogP contribution < -0.4 is 10.6 Å². The van der Waals surface area contributed by atoms with Crippen molar-refractivity contribution in [2.45, 2.75) is 12.8 Å². The molecule has 0 radical (unpaired) electrons. The number of thiazole rings is 1. The molecule has 3 aromatic rings. The minimum Gasteiger partial charge on any atom is -0.338 e. The third kappa shape index (κ3) is 5.15. The fraction of sp³-hybridized carbons (Fsp3) is 0.368. The Bertz CT molecular complexity index is 866. The van der Waals surface area contributed by atoms with E-state index in [1.807, 2.05) is 48.3 Å². The largest absolute Gasteiger partial charge is 0.338 e. The molecule has 9 heteroatoms. The molecule has 1 unspecified atom stereocenters. The Balaban J connectivity index is 0.00000140. The molecule has 4 rings (SSSR count). The number of benzene rings is 1. The summed E-state index contributed by atoms with van der Waals surface area (Å²) in [7, 11) is 1.97. The Labute approximate surface area is 185 Å². The number of hydrogen-bond donors (Lipinski definition) is 2. The van der Waals surface area contributed by atoms with Gasteiger partial charge < -0.3 is 15.5 Å². The highest BCUT2D eigenvalue weighted by molar-refractivity contribution is 7.29. The van der Waals surface area contributed by atoms with Crippen LogP contribution in [0, 0.1) is 5.92 Å². The normalized spacial score (nSPS) is 16.3. The minimum absolute atomic E-state index is 0. The topological polar surface area (TPSA) is 57.3 Å². The third-order valence-corrected chi connectivity index (χ3v) is 6.69. The van der Waals surface area contributed by atoms with Crippen LogP contribution in [0.25, 0.3) is 9.53 Å². The smallest absolute Gasteiger partial charge is 0.264 e. The maximum atomic E-state index is 12.9. The fourth-order valence-corrected chi connectivity index (χ4v) is 5.50. The molecule has 3 heterocycles. The van der Waals surface area contributed by atoms with E-state index in [1.165, 1.54) is 17.8 Å². The van der Waals surface area contributed by atoms with E-state index in [2.05, 4.69) is 15.6 Å². The minimum atomic E-state index is 0. The van der Waals surface area contributed by atoms with Crippen molar-refractivity contribution in [2.24, 2.45) is 5.92 Å². The number of aromatic nitrogens is 1. The van der Waals surface area contributed by atoms with E-state index in [0.29, 0.717) is 5.92 Å². The average Bonchev–Trinajstić information content (AvgIpc) is 3.21. The number of anilines is 2. The predicted molar refractivity (Wildman–Crippen MR) is 124 cm³/mol. The van der Waals surface area contributed by atoms with Crippen LogP contribution in [0.15, 0.2) is 36.4 Å².